The molecule has 0 fully saturated rings. The number of benzene rings is 1. The largest absolute Gasteiger partial charge is 0.458 e. The van der Waals surface area contributed by atoms with Gasteiger partial charge in [0.25, 0.3) is 5.56 Å². The lowest BCUT2D eigenvalue weighted by molar-refractivity contribution is -0.146. The average molecular weight is 431 g/mol. The molecule has 30 heavy (non-hydrogen) atoms. The lowest BCUT2D eigenvalue weighted by atomic mass is 10.2. The van der Waals surface area contributed by atoms with Gasteiger partial charge in [-0.1, -0.05) is 11.6 Å². The number of pyridine rings is 1. The zero-order valence-corrected chi connectivity index (χ0v) is 15.9. The molecule has 1 aromatic carbocycles. The predicted octanol–water partition coefficient (Wildman–Crippen LogP) is 2.05. The van der Waals surface area contributed by atoms with Crippen molar-refractivity contribution >= 4 is 23.2 Å². The van der Waals surface area contributed by atoms with Crippen LogP contribution in [0.25, 0.3) is 17.1 Å². The van der Waals surface area contributed by atoms with Crippen LogP contribution in [-0.2, 0) is 22.7 Å². The number of hydrogen-bond donors (Lipinski definition) is 0. The van der Waals surface area contributed by atoms with Crippen molar-refractivity contribution in [1.29, 1.82) is 0 Å². The molecule has 3 heterocycles. The van der Waals surface area contributed by atoms with Crippen molar-refractivity contribution in [2.45, 2.75) is 13.2 Å². The van der Waals surface area contributed by atoms with E-state index >= 15 is 0 Å². The van der Waals surface area contributed by atoms with Gasteiger partial charge in [-0.15, -0.1) is 5.10 Å². The van der Waals surface area contributed by atoms with Crippen LogP contribution in [0.15, 0.2) is 62.7 Å². The molecule has 0 bridgehead atoms. The van der Waals surface area contributed by atoms with Crippen LogP contribution in [0.3, 0.4) is 0 Å². The van der Waals surface area contributed by atoms with E-state index in [9.17, 15) is 18.8 Å². The van der Waals surface area contributed by atoms with Crippen molar-refractivity contribution in [1.82, 2.24) is 19.2 Å². The lowest BCUT2D eigenvalue weighted by Gasteiger charge is -2.06. The van der Waals surface area contributed by atoms with E-state index in [1.165, 1.54) is 40.9 Å². The number of hydrogen-bond acceptors (Lipinski definition) is 7. The number of fused-ring (bicyclic) bond motifs is 1. The predicted molar refractivity (Wildman–Crippen MR) is 102 cm³/mol. The summed E-state index contributed by atoms with van der Waals surface area (Å²) in [4.78, 5) is 40.3. The highest BCUT2D eigenvalue weighted by atomic mass is 35.5. The fourth-order valence-corrected chi connectivity index (χ4v) is 2.80. The molecule has 0 aliphatic heterocycles. The Kier molecular flexibility index (Phi) is 5.15. The van der Waals surface area contributed by atoms with Crippen LogP contribution in [0.2, 0.25) is 5.02 Å². The standard InChI is InChI=1S/C19H12ClFN4O5/c20-12-3-6-15-22-14(7-16(26)24(15)8-12)10-29-17(27)9-25-19(28)30-18(23-25)11-1-4-13(21)5-2-11/h1-8H,9-10H2. The van der Waals surface area contributed by atoms with Gasteiger partial charge in [0.05, 0.1) is 10.7 Å². The summed E-state index contributed by atoms with van der Waals surface area (Å²) in [6.45, 7) is -0.781. The van der Waals surface area contributed by atoms with Gasteiger partial charge in [-0.05, 0) is 36.4 Å². The molecule has 0 N–H and O–H groups in total. The third-order valence-electron chi connectivity index (χ3n) is 4.03. The van der Waals surface area contributed by atoms with Gasteiger partial charge in [0, 0.05) is 17.8 Å². The van der Waals surface area contributed by atoms with Crippen LogP contribution >= 0.6 is 11.6 Å². The Balaban J connectivity index is 1.45. The second kappa shape index (κ2) is 7.91. The number of nitrogens with zero attached hydrogens (tertiary/aromatic N) is 4. The smallest absolute Gasteiger partial charge is 0.437 e. The number of halogens is 2. The van der Waals surface area contributed by atoms with E-state index in [2.05, 4.69) is 10.1 Å². The van der Waals surface area contributed by atoms with Gasteiger partial charge >= 0.3 is 11.7 Å². The number of rotatable bonds is 5. The highest BCUT2D eigenvalue weighted by molar-refractivity contribution is 6.30. The van der Waals surface area contributed by atoms with E-state index in [1.807, 2.05) is 0 Å². The van der Waals surface area contributed by atoms with Crippen LogP contribution in [0.4, 0.5) is 4.39 Å². The first-order valence-electron chi connectivity index (χ1n) is 8.56. The fourth-order valence-electron chi connectivity index (χ4n) is 2.64. The minimum Gasteiger partial charge on any atom is -0.458 e. The molecule has 0 unspecified atom stereocenters. The molecule has 0 aliphatic rings. The van der Waals surface area contributed by atoms with Crippen molar-refractivity contribution in [3.63, 3.8) is 0 Å². The maximum atomic E-state index is 13.0. The lowest BCUT2D eigenvalue weighted by Crippen LogP contribution is -2.23. The first-order chi connectivity index (χ1) is 14.4. The topological polar surface area (TPSA) is 109 Å². The molecular weight excluding hydrogens is 419 g/mol. The minimum atomic E-state index is -0.870. The highest BCUT2D eigenvalue weighted by Crippen LogP contribution is 2.15. The Hall–Kier alpha value is -3.79. The fraction of sp³-hybridized carbons (Fsp3) is 0.105. The second-order valence-electron chi connectivity index (χ2n) is 6.16. The van der Waals surface area contributed by atoms with Crippen molar-refractivity contribution in [2.75, 3.05) is 0 Å². The Morgan fingerprint density at radius 2 is 1.93 bits per heavy atom. The molecule has 0 atom stereocenters. The van der Waals surface area contributed by atoms with E-state index < -0.39 is 24.1 Å². The molecule has 0 spiro atoms. The maximum absolute atomic E-state index is 13.0. The second-order valence-corrected chi connectivity index (χ2v) is 6.60. The van der Waals surface area contributed by atoms with E-state index in [4.69, 9.17) is 20.8 Å². The third kappa shape index (κ3) is 4.13. The van der Waals surface area contributed by atoms with Crippen molar-refractivity contribution in [3.8, 4) is 11.5 Å². The summed E-state index contributed by atoms with van der Waals surface area (Å²) in [5.74, 6) is -2.16. The van der Waals surface area contributed by atoms with Crippen LogP contribution in [0.5, 0.6) is 0 Å². The van der Waals surface area contributed by atoms with E-state index in [1.54, 1.807) is 12.1 Å². The van der Waals surface area contributed by atoms with Gasteiger partial charge in [-0.25, -0.2) is 14.2 Å². The van der Waals surface area contributed by atoms with Gasteiger partial charge in [0.15, 0.2) is 0 Å². The number of carbonyl (C=O) groups is 1. The Morgan fingerprint density at radius 1 is 1.17 bits per heavy atom. The van der Waals surface area contributed by atoms with E-state index in [0.717, 1.165) is 4.68 Å². The van der Waals surface area contributed by atoms with Crippen LogP contribution in [0, 0.1) is 5.82 Å². The number of esters is 1. The molecule has 0 saturated carbocycles. The Morgan fingerprint density at radius 3 is 2.70 bits per heavy atom. The molecule has 11 heteroatoms. The molecule has 0 aliphatic carbocycles. The molecule has 0 radical (unpaired) electrons. The monoisotopic (exact) mass is 430 g/mol. The Bertz CT molecular complexity index is 1360. The zero-order valence-electron chi connectivity index (χ0n) is 15.1. The summed E-state index contributed by atoms with van der Waals surface area (Å²) in [5, 5.41) is 4.28. The number of carbonyl (C=O) groups excluding carboxylic acids is 1. The van der Waals surface area contributed by atoms with Gasteiger partial charge in [-0.2, -0.15) is 4.68 Å². The average Bonchev–Trinajstić information content (AvgIpc) is 3.08. The van der Waals surface area contributed by atoms with E-state index in [0.29, 0.717) is 16.2 Å². The van der Waals surface area contributed by atoms with Gasteiger partial charge in [0.1, 0.15) is 24.6 Å². The molecule has 0 amide bonds. The molecule has 152 valence electrons. The maximum Gasteiger partial charge on any atom is 0.437 e. The van der Waals surface area contributed by atoms with Gasteiger partial charge in [0.2, 0.25) is 5.89 Å². The van der Waals surface area contributed by atoms with Gasteiger partial charge in [-0.3, -0.25) is 14.0 Å². The van der Waals surface area contributed by atoms with Crippen molar-refractivity contribution < 1.29 is 18.3 Å². The number of aromatic nitrogens is 4. The molecule has 3 aromatic heterocycles. The van der Waals surface area contributed by atoms with Crippen molar-refractivity contribution in [3.05, 3.63) is 86.1 Å². The normalized spacial score (nSPS) is 11.0. The summed E-state index contributed by atoms with van der Waals surface area (Å²) < 4.78 is 25.1. The SMILES string of the molecule is O=C(Cn1nc(-c2ccc(F)cc2)oc1=O)OCc1cc(=O)n2cc(Cl)ccc2n1. The molecular formula is C19H12ClFN4O5. The summed E-state index contributed by atoms with van der Waals surface area (Å²) in [7, 11) is 0. The van der Waals surface area contributed by atoms with Crippen molar-refractivity contribution in [2.24, 2.45) is 0 Å². The molecule has 4 rings (SSSR count). The molecule has 0 saturated heterocycles. The Labute approximate surface area is 171 Å². The summed E-state index contributed by atoms with van der Waals surface area (Å²) in [6, 6.07) is 9.51. The summed E-state index contributed by atoms with van der Waals surface area (Å²) >= 11 is 5.86. The third-order valence-corrected chi connectivity index (χ3v) is 4.26. The quantitative estimate of drug-likeness (QED) is 0.446. The van der Waals surface area contributed by atoms with Crippen LogP contribution in [0.1, 0.15) is 5.69 Å². The number of ether oxygens (including phenoxy) is 1. The van der Waals surface area contributed by atoms with E-state index in [-0.39, 0.29) is 23.8 Å². The zero-order chi connectivity index (χ0) is 21.3. The summed E-state index contributed by atoms with van der Waals surface area (Å²) in [6.07, 6.45) is 1.43. The first-order valence-corrected chi connectivity index (χ1v) is 8.94. The van der Waals surface area contributed by atoms with Gasteiger partial charge < -0.3 is 9.15 Å². The molecule has 9 nitrogen and oxygen atoms in total. The minimum absolute atomic E-state index is 0.0596. The first kappa shape index (κ1) is 19.5. The van der Waals surface area contributed by atoms with Crippen LogP contribution < -0.4 is 11.3 Å². The highest BCUT2D eigenvalue weighted by Gasteiger charge is 2.15. The molecule has 4 aromatic rings. The summed E-state index contributed by atoms with van der Waals surface area (Å²) in [5.41, 5.74) is 0.566. The van der Waals surface area contributed by atoms with Crippen LogP contribution in [-0.4, -0.2) is 25.1 Å².